The summed E-state index contributed by atoms with van der Waals surface area (Å²) in [6, 6.07) is 0. The quantitative estimate of drug-likeness (QED) is 0.760. The van der Waals surface area contributed by atoms with Gasteiger partial charge in [-0.2, -0.15) is 4.37 Å². The van der Waals surface area contributed by atoms with E-state index in [2.05, 4.69) is 34.9 Å². The maximum Gasteiger partial charge on any atom is 0.142 e. The summed E-state index contributed by atoms with van der Waals surface area (Å²) in [5.74, 6) is 1.45. The average Bonchev–Trinajstić information content (AvgIpc) is 3.23. The Balaban J connectivity index is 1.94. The minimum absolute atomic E-state index is 0.681. The third kappa shape index (κ3) is 3.64. The number of hydrogen-bond acceptors (Lipinski definition) is 5. The molecule has 0 amide bonds. The van der Waals surface area contributed by atoms with Gasteiger partial charge in [0.15, 0.2) is 0 Å². The molecule has 0 atom stereocenters. The Labute approximate surface area is 127 Å². The van der Waals surface area contributed by atoms with Crippen LogP contribution in [-0.2, 0) is 0 Å². The zero-order valence-corrected chi connectivity index (χ0v) is 13.9. The summed E-state index contributed by atoms with van der Waals surface area (Å²) in [4.78, 5) is 4.95. The topological polar surface area (TPSA) is 45.4 Å². The molecule has 0 bridgehead atoms. The van der Waals surface area contributed by atoms with Gasteiger partial charge in [-0.1, -0.05) is 13.8 Å². The maximum atomic E-state index is 6.06. The van der Waals surface area contributed by atoms with Crippen molar-refractivity contribution in [2.75, 3.05) is 43.4 Å². The summed E-state index contributed by atoms with van der Waals surface area (Å²) < 4.78 is 4.39. The highest BCUT2D eigenvalue weighted by molar-refractivity contribution is 7.10. The molecule has 1 saturated carbocycles. The van der Waals surface area contributed by atoms with Gasteiger partial charge in [0.1, 0.15) is 10.8 Å². The Morgan fingerprint density at radius 2 is 1.85 bits per heavy atom. The molecule has 0 aliphatic heterocycles. The van der Waals surface area contributed by atoms with Crippen molar-refractivity contribution in [3.8, 4) is 0 Å². The molecule has 1 aromatic rings. The number of nitrogens with zero attached hydrogens (tertiary/aromatic N) is 3. The minimum Gasteiger partial charge on any atom is -0.383 e. The monoisotopic (exact) mass is 296 g/mol. The molecule has 2 N–H and O–H groups in total. The van der Waals surface area contributed by atoms with Crippen molar-refractivity contribution in [3.63, 3.8) is 0 Å². The second-order valence-electron chi connectivity index (χ2n) is 5.52. The van der Waals surface area contributed by atoms with E-state index < -0.39 is 0 Å². The smallest absolute Gasteiger partial charge is 0.142 e. The average molecular weight is 296 g/mol. The van der Waals surface area contributed by atoms with E-state index >= 15 is 0 Å². The Morgan fingerprint density at radius 3 is 2.40 bits per heavy atom. The Morgan fingerprint density at radius 1 is 1.15 bits per heavy atom. The van der Waals surface area contributed by atoms with Gasteiger partial charge in [-0.05, 0) is 63.3 Å². The van der Waals surface area contributed by atoms with Gasteiger partial charge in [0.2, 0.25) is 0 Å². The van der Waals surface area contributed by atoms with Gasteiger partial charge >= 0.3 is 0 Å². The second kappa shape index (κ2) is 7.27. The summed E-state index contributed by atoms with van der Waals surface area (Å²) in [6.45, 7) is 12.3. The third-order valence-electron chi connectivity index (χ3n) is 4.19. The second-order valence-corrected chi connectivity index (χ2v) is 6.27. The standard InChI is InChI=1S/C15H28N4S/c1-4-18(5-2)10-7-11-19(6-3)15-13(12-8-9-12)14(16)17-20-15/h12H,4-11H2,1-3H3,(H2,16,17). The molecule has 5 heteroatoms. The van der Waals surface area contributed by atoms with E-state index in [0.29, 0.717) is 5.92 Å². The molecule has 1 aliphatic rings. The fraction of sp³-hybridized carbons (Fsp3) is 0.800. The number of aromatic nitrogens is 1. The summed E-state index contributed by atoms with van der Waals surface area (Å²) in [7, 11) is 0. The Hall–Kier alpha value is -0.810. The first-order chi connectivity index (χ1) is 9.71. The summed E-state index contributed by atoms with van der Waals surface area (Å²) in [5, 5.41) is 1.33. The molecule has 1 aliphatic carbocycles. The lowest BCUT2D eigenvalue weighted by Crippen LogP contribution is -2.30. The third-order valence-corrected chi connectivity index (χ3v) is 5.13. The van der Waals surface area contributed by atoms with Crippen molar-refractivity contribution in [3.05, 3.63) is 5.56 Å². The zero-order valence-electron chi connectivity index (χ0n) is 13.1. The molecule has 0 unspecified atom stereocenters. The molecule has 1 aromatic heterocycles. The molecular formula is C15H28N4S. The van der Waals surface area contributed by atoms with Crippen LogP contribution < -0.4 is 10.6 Å². The molecule has 0 saturated heterocycles. The van der Waals surface area contributed by atoms with Crippen LogP contribution >= 0.6 is 11.5 Å². The Bertz CT molecular complexity index is 410. The molecule has 2 rings (SSSR count). The van der Waals surface area contributed by atoms with Gasteiger partial charge in [-0.15, -0.1) is 0 Å². The number of hydrogen-bond donors (Lipinski definition) is 1. The van der Waals surface area contributed by atoms with E-state index in [9.17, 15) is 0 Å². The van der Waals surface area contributed by atoms with E-state index in [4.69, 9.17) is 5.73 Å². The lowest BCUT2D eigenvalue weighted by molar-refractivity contribution is 0.301. The van der Waals surface area contributed by atoms with E-state index in [-0.39, 0.29) is 0 Å². The van der Waals surface area contributed by atoms with Crippen LogP contribution in [0.25, 0.3) is 0 Å². The summed E-state index contributed by atoms with van der Waals surface area (Å²) in [5.41, 5.74) is 7.39. The lowest BCUT2D eigenvalue weighted by Gasteiger charge is -2.24. The first kappa shape index (κ1) is 15.6. The fourth-order valence-electron chi connectivity index (χ4n) is 2.71. The highest BCUT2D eigenvalue weighted by Crippen LogP contribution is 2.48. The number of nitrogens with two attached hydrogens (primary N) is 1. The van der Waals surface area contributed by atoms with Gasteiger partial charge in [0, 0.05) is 18.7 Å². The first-order valence-corrected chi connectivity index (χ1v) is 8.70. The van der Waals surface area contributed by atoms with Crippen LogP contribution in [0, 0.1) is 0 Å². The molecule has 0 spiro atoms. The predicted molar refractivity (Wildman–Crippen MR) is 88.8 cm³/mol. The molecule has 0 aromatic carbocycles. The molecule has 1 heterocycles. The van der Waals surface area contributed by atoms with Gasteiger partial charge in [0.25, 0.3) is 0 Å². The largest absolute Gasteiger partial charge is 0.383 e. The van der Waals surface area contributed by atoms with Crippen molar-refractivity contribution >= 4 is 22.4 Å². The predicted octanol–water partition coefficient (Wildman–Crippen LogP) is 3.16. The number of rotatable bonds is 9. The SMILES string of the molecule is CCN(CC)CCCN(CC)c1snc(N)c1C1CC1. The maximum absolute atomic E-state index is 6.06. The van der Waals surface area contributed by atoms with Crippen LogP contribution in [0.1, 0.15) is 51.5 Å². The van der Waals surface area contributed by atoms with E-state index in [1.807, 2.05) is 0 Å². The molecule has 0 radical (unpaired) electrons. The molecule has 114 valence electrons. The van der Waals surface area contributed by atoms with E-state index in [0.717, 1.165) is 32.0 Å². The van der Waals surface area contributed by atoms with Crippen LogP contribution in [-0.4, -0.2) is 42.0 Å². The van der Waals surface area contributed by atoms with Crippen LogP contribution in [0.5, 0.6) is 0 Å². The van der Waals surface area contributed by atoms with Gasteiger partial charge in [-0.25, -0.2) is 0 Å². The van der Waals surface area contributed by atoms with Crippen LogP contribution in [0.2, 0.25) is 0 Å². The van der Waals surface area contributed by atoms with Gasteiger partial charge in [-0.3, -0.25) is 0 Å². The summed E-state index contributed by atoms with van der Waals surface area (Å²) in [6.07, 6.45) is 3.77. The number of nitrogen functional groups attached to an aromatic ring is 1. The van der Waals surface area contributed by atoms with Crippen molar-refractivity contribution in [2.24, 2.45) is 0 Å². The minimum atomic E-state index is 0.681. The summed E-state index contributed by atoms with van der Waals surface area (Å²) >= 11 is 1.58. The first-order valence-electron chi connectivity index (χ1n) is 7.93. The highest BCUT2D eigenvalue weighted by Gasteiger charge is 2.31. The van der Waals surface area contributed by atoms with Crippen LogP contribution in [0.3, 0.4) is 0 Å². The lowest BCUT2D eigenvalue weighted by atomic mass is 10.2. The van der Waals surface area contributed by atoms with E-state index in [1.54, 1.807) is 11.5 Å². The van der Waals surface area contributed by atoms with Crippen LogP contribution in [0.15, 0.2) is 0 Å². The van der Waals surface area contributed by atoms with Gasteiger partial charge in [0.05, 0.1) is 0 Å². The van der Waals surface area contributed by atoms with Crippen molar-refractivity contribution in [1.29, 1.82) is 0 Å². The fourth-order valence-corrected chi connectivity index (χ4v) is 3.70. The molecule has 20 heavy (non-hydrogen) atoms. The van der Waals surface area contributed by atoms with Crippen molar-refractivity contribution in [2.45, 2.75) is 46.0 Å². The molecule has 4 nitrogen and oxygen atoms in total. The van der Waals surface area contributed by atoms with Crippen molar-refractivity contribution < 1.29 is 0 Å². The van der Waals surface area contributed by atoms with Crippen molar-refractivity contribution in [1.82, 2.24) is 9.27 Å². The molecular weight excluding hydrogens is 268 g/mol. The Kier molecular flexibility index (Phi) is 5.66. The van der Waals surface area contributed by atoms with Gasteiger partial charge < -0.3 is 15.5 Å². The zero-order chi connectivity index (χ0) is 14.5. The number of anilines is 2. The molecule has 1 fully saturated rings. The normalized spacial score (nSPS) is 15.0. The van der Waals surface area contributed by atoms with E-state index in [1.165, 1.54) is 36.4 Å². The van der Waals surface area contributed by atoms with Crippen LogP contribution in [0.4, 0.5) is 10.8 Å². The highest BCUT2D eigenvalue weighted by atomic mass is 32.1.